The number of carboxylic acids is 1. The molecule has 0 radical (unpaired) electrons. The highest BCUT2D eigenvalue weighted by Gasteiger charge is 2.22. The van der Waals surface area contributed by atoms with Crippen LogP contribution in [0, 0.1) is 5.92 Å². The number of nitrogens with zero attached hydrogens (tertiary/aromatic N) is 1. The quantitative estimate of drug-likeness (QED) is 0.588. The lowest BCUT2D eigenvalue weighted by Crippen LogP contribution is -2.15. The van der Waals surface area contributed by atoms with Gasteiger partial charge < -0.3 is 15.7 Å². The van der Waals surface area contributed by atoms with Gasteiger partial charge in [-0.05, 0) is 43.0 Å². The summed E-state index contributed by atoms with van der Waals surface area (Å²) in [5.74, 6) is -1.05. The third-order valence-corrected chi connectivity index (χ3v) is 5.09. The molecule has 0 saturated heterocycles. The Morgan fingerprint density at radius 1 is 1.10 bits per heavy atom. The zero-order valence-corrected chi connectivity index (χ0v) is 15.9. The van der Waals surface area contributed by atoms with Crippen LogP contribution in [0.3, 0.4) is 0 Å². The number of para-hydroxylation sites is 1. The molecule has 7 nitrogen and oxygen atoms in total. The number of fused-ring (bicyclic) bond motifs is 1. The Morgan fingerprint density at radius 3 is 2.55 bits per heavy atom. The minimum atomic E-state index is -1.07. The monoisotopic (exact) mass is 391 g/mol. The van der Waals surface area contributed by atoms with Crippen LogP contribution in [0.5, 0.6) is 0 Å². The first-order valence-electron chi connectivity index (χ1n) is 9.47. The van der Waals surface area contributed by atoms with E-state index in [1.54, 1.807) is 30.3 Å². The van der Waals surface area contributed by atoms with Gasteiger partial charge in [-0.3, -0.25) is 14.2 Å². The maximum atomic E-state index is 13.0. The van der Waals surface area contributed by atoms with Crippen molar-refractivity contribution in [2.75, 3.05) is 17.2 Å². The fourth-order valence-electron chi connectivity index (χ4n) is 3.32. The molecule has 0 unspecified atom stereocenters. The van der Waals surface area contributed by atoms with Crippen molar-refractivity contribution in [3.63, 3.8) is 0 Å². The molecule has 0 atom stereocenters. The molecular formula is C22H21N3O4. The van der Waals surface area contributed by atoms with Crippen LogP contribution in [0.2, 0.25) is 0 Å². The normalized spacial score (nSPS) is 13.3. The van der Waals surface area contributed by atoms with Crippen LogP contribution >= 0.6 is 0 Å². The number of hydrogen-bond donors (Lipinski definition) is 3. The van der Waals surface area contributed by atoms with Crippen LogP contribution in [0.4, 0.5) is 11.4 Å². The van der Waals surface area contributed by atoms with Crippen molar-refractivity contribution in [3.8, 4) is 0 Å². The summed E-state index contributed by atoms with van der Waals surface area (Å²) in [5.41, 5.74) is 2.16. The molecule has 1 fully saturated rings. The average molecular weight is 391 g/mol. The molecule has 1 heterocycles. The second kappa shape index (κ2) is 7.43. The first-order valence-corrected chi connectivity index (χ1v) is 9.47. The number of aromatic carboxylic acids is 1. The molecule has 0 aliphatic heterocycles. The van der Waals surface area contributed by atoms with Crippen molar-refractivity contribution < 1.29 is 19.5 Å². The molecule has 0 spiro atoms. The lowest BCUT2D eigenvalue weighted by atomic mass is 10.1. The number of amides is 1. The fraction of sp³-hybridized carbons (Fsp3) is 0.227. The number of carbonyl (C=O) groups is 3. The minimum Gasteiger partial charge on any atom is -0.478 e. The molecule has 3 N–H and O–H groups in total. The van der Waals surface area contributed by atoms with E-state index < -0.39 is 11.9 Å². The Labute approximate surface area is 167 Å². The second-order valence-electron chi connectivity index (χ2n) is 7.29. The lowest BCUT2D eigenvalue weighted by Gasteiger charge is -2.14. The Bertz CT molecular complexity index is 1130. The van der Waals surface area contributed by atoms with Gasteiger partial charge in [-0.1, -0.05) is 18.2 Å². The highest BCUT2D eigenvalue weighted by molar-refractivity contribution is 6.15. The molecule has 1 saturated carbocycles. The van der Waals surface area contributed by atoms with Crippen LogP contribution in [0.15, 0.2) is 48.7 Å². The largest absolute Gasteiger partial charge is 0.478 e. The molecule has 7 heteroatoms. The topological polar surface area (TPSA) is 100 Å². The molecule has 1 aliphatic rings. The van der Waals surface area contributed by atoms with E-state index in [1.165, 1.54) is 42.7 Å². The molecule has 2 aromatic carbocycles. The third-order valence-electron chi connectivity index (χ3n) is 5.09. The average Bonchev–Trinajstić information content (AvgIpc) is 3.44. The maximum Gasteiger partial charge on any atom is 0.335 e. The van der Waals surface area contributed by atoms with Crippen molar-refractivity contribution in [3.05, 3.63) is 59.8 Å². The number of nitrogens with one attached hydrogen (secondary N) is 2. The van der Waals surface area contributed by atoms with Gasteiger partial charge in [-0.2, -0.15) is 0 Å². The maximum absolute atomic E-state index is 13.0. The molecule has 0 bridgehead atoms. The van der Waals surface area contributed by atoms with Gasteiger partial charge in [0.05, 0.1) is 28.0 Å². The summed E-state index contributed by atoms with van der Waals surface area (Å²) >= 11 is 0. The molecule has 1 aromatic heterocycles. The number of anilines is 2. The smallest absolute Gasteiger partial charge is 0.335 e. The third kappa shape index (κ3) is 3.85. The highest BCUT2D eigenvalue weighted by Crippen LogP contribution is 2.31. The van der Waals surface area contributed by atoms with E-state index in [9.17, 15) is 19.5 Å². The van der Waals surface area contributed by atoms with Gasteiger partial charge in [0.1, 0.15) is 0 Å². The van der Waals surface area contributed by atoms with Crippen LogP contribution < -0.4 is 10.6 Å². The van der Waals surface area contributed by atoms with Crippen molar-refractivity contribution in [1.82, 2.24) is 4.57 Å². The molecule has 148 valence electrons. The molecule has 29 heavy (non-hydrogen) atoms. The summed E-state index contributed by atoms with van der Waals surface area (Å²) < 4.78 is 1.43. The summed E-state index contributed by atoms with van der Waals surface area (Å²) in [4.78, 5) is 36.4. The van der Waals surface area contributed by atoms with Crippen LogP contribution in [-0.4, -0.2) is 34.0 Å². The number of benzene rings is 2. The predicted octanol–water partition coefficient (Wildman–Crippen LogP) is 4.07. The summed E-state index contributed by atoms with van der Waals surface area (Å²) in [6, 6.07) is 11.8. The summed E-state index contributed by atoms with van der Waals surface area (Å²) in [7, 11) is 0. The summed E-state index contributed by atoms with van der Waals surface area (Å²) in [6.45, 7) is 2.21. The van der Waals surface area contributed by atoms with Crippen molar-refractivity contribution in [1.29, 1.82) is 0 Å². The van der Waals surface area contributed by atoms with Gasteiger partial charge in [-0.15, -0.1) is 0 Å². The van der Waals surface area contributed by atoms with Crippen molar-refractivity contribution in [2.24, 2.45) is 5.92 Å². The standard InChI is InChI=1S/C22H21N3O4/c1-13(26)25-12-17(16-4-2-3-5-20(16)25)21(27)24-19-10-15(22(28)29)8-9-18(19)23-11-14-6-7-14/h2-5,8-10,12,14,23H,6-7,11H2,1H3,(H,24,27)(H,28,29). The number of hydrogen-bond acceptors (Lipinski definition) is 4. The van der Waals surface area contributed by atoms with Crippen molar-refractivity contribution in [2.45, 2.75) is 19.8 Å². The van der Waals surface area contributed by atoms with E-state index >= 15 is 0 Å². The van der Waals surface area contributed by atoms with E-state index in [-0.39, 0.29) is 11.5 Å². The summed E-state index contributed by atoms with van der Waals surface area (Å²) in [6.07, 6.45) is 3.86. The van der Waals surface area contributed by atoms with E-state index in [0.717, 1.165) is 6.54 Å². The molecule has 1 aliphatic carbocycles. The zero-order chi connectivity index (χ0) is 20.5. The molecule has 1 amide bonds. The fourth-order valence-corrected chi connectivity index (χ4v) is 3.32. The number of carboxylic acid groups (broad SMARTS) is 1. The Morgan fingerprint density at radius 2 is 1.86 bits per heavy atom. The molecular weight excluding hydrogens is 370 g/mol. The van der Waals surface area contributed by atoms with E-state index in [0.29, 0.717) is 33.8 Å². The SMILES string of the molecule is CC(=O)n1cc(C(=O)Nc2cc(C(=O)O)ccc2NCC2CC2)c2ccccc21. The first kappa shape index (κ1) is 18.7. The van der Waals surface area contributed by atoms with E-state index in [2.05, 4.69) is 10.6 Å². The Hall–Kier alpha value is -3.61. The number of aromatic nitrogens is 1. The lowest BCUT2D eigenvalue weighted by molar-refractivity contribution is 0.0696. The van der Waals surface area contributed by atoms with Gasteiger partial charge in [0.15, 0.2) is 0 Å². The number of rotatable bonds is 6. The van der Waals surface area contributed by atoms with Gasteiger partial charge in [0.2, 0.25) is 5.91 Å². The van der Waals surface area contributed by atoms with Gasteiger partial charge in [0, 0.05) is 25.1 Å². The van der Waals surface area contributed by atoms with E-state index in [1.807, 2.05) is 0 Å². The van der Waals surface area contributed by atoms with Gasteiger partial charge in [0.25, 0.3) is 5.91 Å². The van der Waals surface area contributed by atoms with Crippen LogP contribution in [-0.2, 0) is 0 Å². The summed E-state index contributed by atoms with van der Waals surface area (Å²) in [5, 5.41) is 16.1. The van der Waals surface area contributed by atoms with E-state index in [4.69, 9.17) is 0 Å². The number of carbonyl (C=O) groups excluding carboxylic acids is 2. The zero-order valence-electron chi connectivity index (χ0n) is 15.9. The van der Waals surface area contributed by atoms with Gasteiger partial charge in [-0.25, -0.2) is 4.79 Å². The highest BCUT2D eigenvalue weighted by atomic mass is 16.4. The van der Waals surface area contributed by atoms with Crippen molar-refractivity contribution >= 4 is 40.1 Å². The van der Waals surface area contributed by atoms with Crippen LogP contribution in [0.25, 0.3) is 10.9 Å². The Kier molecular flexibility index (Phi) is 4.80. The second-order valence-corrected chi connectivity index (χ2v) is 7.29. The van der Waals surface area contributed by atoms with Crippen LogP contribution in [0.1, 0.15) is 45.3 Å². The molecule has 3 aromatic rings. The Balaban J connectivity index is 1.68. The minimum absolute atomic E-state index is 0.0865. The van der Waals surface area contributed by atoms with Gasteiger partial charge >= 0.3 is 5.97 Å². The predicted molar refractivity (Wildman–Crippen MR) is 111 cm³/mol. The molecule has 4 rings (SSSR count). The first-order chi connectivity index (χ1) is 13.9.